The summed E-state index contributed by atoms with van der Waals surface area (Å²) in [4.78, 5) is 50.2. The van der Waals surface area contributed by atoms with Gasteiger partial charge in [-0.05, 0) is 208 Å². The molecule has 0 radical (unpaired) electrons. The summed E-state index contributed by atoms with van der Waals surface area (Å²) in [5.41, 5.74) is 33.2. The van der Waals surface area contributed by atoms with Gasteiger partial charge in [-0.1, -0.05) is 278 Å². The number of aromatic nitrogens is 11. The first kappa shape index (κ1) is 86.3. The molecule has 0 amide bonds. The third kappa shape index (κ3) is 22.8. The number of rotatable bonds is 14. The fraction of sp³-hybridized carbons (Fsp3) is 0.0614. The molecule has 19 rings (SSSR count). The second-order valence-corrected chi connectivity index (χ2v) is 30.6. The minimum absolute atomic E-state index is 0.632. The first-order chi connectivity index (χ1) is 63.0. The van der Waals surface area contributed by atoms with Crippen LogP contribution in [0.15, 0.2) is 388 Å². The minimum atomic E-state index is 0.632. The summed E-state index contributed by atoms with van der Waals surface area (Å²) in [6.07, 6.45) is 1.78. The van der Waals surface area contributed by atoms with Crippen molar-refractivity contribution in [3.63, 3.8) is 0 Å². The predicted octanol–water partition coefficient (Wildman–Crippen LogP) is 26.8. The Morgan fingerprint density at radius 2 is 0.364 bits per heavy atom. The van der Waals surface area contributed by atoms with Crippen LogP contribution in [0, 0.1) is 93.8 Å². The van der Waals surface area contributed by atoms with Crippen LogP contribution in [0.4, 0.5) is 0 Å². The lowest BCUT2D eigenvalue weighted by molar-refractivity contribution is 1.05. The van der Waals surface area contributed by atoms with Crippen LogP contribution in [-0.4, -0.2) is 54.8 Å². The maximum absolute atomic E-state index is 9.10. The van der Waals surface area contributed by atoms with Crippen molar-refractivity contribution in [1.29, 1.82) is 21.0 Å². The molecule has 13 aromatic carbocycles. The Balaban J connectivity index is 0.000000125. The highest BCUT2D eigenvalue weighted by Crippen LogP contribution is 2.36. The standard InChI is InChI=1S/C30H21N3.2C24H17N3.C19H15N3.C17H15N3/c1-21-32-29(25-14-12-22(20-31)13-15-25)19-30(33-21)28-17-26(23-8-4-2-5-9-23)16-27(18-28)24-10-6-3-7-11-24;1-17-26-23(20-12-10-18(16-25)11-13-20)15-24(27-17)22-9-5-8-21(14-22)19-6-3-2-4-7-19;1-17-26-23(21-9-7-18(16-25)8-10-21)15-24(27-17)22-13-11-20(12-14-22)19-5-3-2-4-6-19;1-13-3-7-16(8-4-13)18-11-19(22-14(2)21-18)17-9-5-15(12-20)6-10-17;1-12-6-8-14(9-7-12)16-11-17(20-13(2)19-16)15-5-3-4-10-18-15/h2-19H,1H3;2*2-15H,1H3;3-11H,1-2H3;3-11H,1-2H3. The summed E-state index contributed by atoms with van der Waals surface area (Å²) in [5, 5.41) is 35.9. The van der Waals surface area contributed by atoms with Gasteiger partial charge in [0, 0.05) is 56.3 Å². The fourth-order valence-corrected chi connectivity index (χ4v) is 14.4. The molecular formula is C114H85N15. The topological polar surface area (TPSA) is 237 Å². The van der Waals surface area contributed by atoms with E-state index in [4.69, 9.17) is 26.0 Å². The molecule has 0 saturated heterocycles. The van der Waals surface area contributed by atoms with Gasteiger partial charge in [0.15, 0.2) is 0 Å². The Morgan fingerprint density at radius 3 is 0.667 bits per heavy atom. The SMILES string of the molecule is Cc1ccc(-c2cc(-c3ccc(C#N)cc3)nc(C)n2)cc1.Cc1ccc(-c2cc(-c3ccccn3)nc(C)n2)cc1.Cc1nc(-c2ccc(C#N)cc2)cc(-c2cc(-c3ccccc3)cc(-c3ccccc3)c2)n1.Cc1nc(-c2ccc(C#N)cc2)cc(-c2ccc(-c3ccccc3)cc2)n1.Cc1nc(-c2ccc(C#N)cc2)cc(-c2cccc(-c3ccccc3)c2)n1. The molecule has 0 aliphatic rings. The van der Waals surface area contributed by atoms with E-state index in [-0.39, 0.29) is 0 Å². The largest absolute Gasteiger partial charge is 0.255 e. The van der Waals surface area contributed by atoms with Crippen molar-refractivity contribution in [3.05, 3.63) is 451 Å². The van der Waals surface area contributed by atoms with Crippen molar-refractivity contribution in [2.45, 2.75) is 48.5 Å². The van der Waals surface area contributed by atoms with Crippen LogP contribution in [0.5, 0.6) is 0 Å². The first-order valence-electron chi connectivity index (χ1n) is 42.0. The van der Waals surface area contributed by atoms with E-state index in [0.29, 0.717) is 28.1 Å². The van der Waals surface area contributed by atoms with Gasteiger partial charge in [0.2, 0.25) is 0 Å². The van der Waals surface area contributed by atoms with Gasteiger partial charge >= 0.3 is 0 Å². The van der Waals surface area contributed by atoms with Crippen LogP contribution in [0.25, 0.3) is 157 Å². The molecule has 15 heteroatoms. The molecule has 15 nitrogen and oxygen atoms in total. The van der Waals surface area contributed by atoms with Crippen LogP contribution in [0.1, 0.15) is 62.5 Å². The molecule has 0 N–H and O–H groups in total. The summed E-state index contributed by atoms with van der Waals surface area (Å²) >= 11 is 0. The van der Waals surface area contributed by atoms with Gasteiger partial charge in [0.05, 0.1) is 109 Å². The molecule has 0 saturated carbocycles. The molecular weight excluding hydrogens is 1580 g/mol. The van der Waals surface area contributed by atoms with Crippen molar-refractivity contribution < 1.29 is 0 Å². The predicted molar refractivity (Wildman–Crippen MR) is 516 cm³/mol. The van der Waals surface area contributed by atoms with Crippen LogP contribution in [0.3, 0.4) is 0 Å². The summed E-state index contributed by atoms with van der Waals surface area (Å²) in [6.45, 7) is 13.7. The second kappa shape index (κ2) is 41.5. The van der Waals surface area contributed by atoms with Crippen LogP contribution < -0.4 is 0 Å². The monoisotopic (exact) mass is 1660 g/mol. The van der Waals surface area contributed by atoms with Gasteiger partial charge in [0.1, 0.15) is 29.1 Å². The van der Waals surface area contributed by atoms with Gasteiger partial charge in [-0.15, -0.1) is 0 Å². The highest BCUT2D eigenvalue weighted by atomic mass is 14.9. The minimum Gasteiger partial charge on any atom is -0.255 e. The summed E-state index contributed by atoms with van der Waals surface area (Å²) < 4.78 is 0. The Hall–Kier alpha value is -17.6. The summed E-state index contributed by atoms with van der Waals surface area (Å²) in [6, 6.07) is 136. The molecule has 0 atom stereocenters. The van der Waals surface area contributed by atoms with E-state index in [1.54, 1.807) is 30.5 Å². The lowest BCUT2D eigenvalue weighted by Gasteiger charge is -2.12. The quantitative estimate of drug-likeness (QED) is 0.0984. The van der Waals surface area contributed by atoms with Gasteiger partial charge in [0.25, 0.3) is 0 Å². The molecule has 0 bridgehead atoms. The zero-order valence-electron chi connectivity index (χ0n) is 72.2. The second-order valence-electron chi connectivity index (χ2n) is 30.6. The maximum atomic E-state index is 9.10. The number of pyridine rings is 1. The third-order valence-corrected chi connectivity index (χ3v) is 21.0. The molecule has 0 aliphatic heterocycles. The van der Waals surface area contributed by atoms with Gasteiger partial charge in [-0.2, -0.15) is 21.0 Å². The molecule has 19 aromatic rings. The molecule has 6 aromatic heterocycles. The maximum Gasteiger partial charge on any atom is 0.126 e. The van der Waals surface area contributed by atoms with Crippen molar-refractivity contribution in [1.82, 2.24) is 54.8 Å². The Labute approximate surface area is 751 Å². The van der Waals surface area contributed by atoms with Crippen LogP contribution >= 0.6 is 0 Å². The number of benzene rings is 13. The zero-order chi connectivity index (χ0) is 89.4. The molecule has 616 valence electrons. The van der Waals surface area contributed by atoms with E-state index < -0.39 is 0 Å². The molecule has 0 fully saturated rings. The number of nitrogens with zero attached hydrogens (tertiary/aromatic N) is 15. The lowest BCUT2D eigenvalue weighted by atomic mass is 9.94. The van der Waals surface area contributed by atoms with E-state index in [0.717, 1.165) is 164 Å². The normalized spacial score (nSPS) is 10.4. The first-order valence-corrected chi connectivity index (χ1v) is 42.0. The van der Waals surface area contributed by atoms with E-state index in [1.807, 2.05) is 204 Å². The number of aryl methyl sites for hydroxylation is 7. The third-order valence-electron chi connectivity index (χ3n) is 21.0. The average Bonchev–Trinajstić information content (AvgIpc) is 0.722. The van der Waals surface area contributed by atoms with E-state index in [2.05, 4.69) is 276 Å². The summed E-state index contributed by atoms with van der Waals surface area (Å²) in [5.74, 6) is 3.63. The van der Waals surface area contributed by atoms with Gasteiger partial charge in [-0.25, -0.2) is 49.8 Å². The molecule has 0 aliphatic carbocycles. The van der Waals surface area contributed by atoms with Gasteiger partial charge < -0.3 is 0 Å². The summed E-state index contributed by atoms with van der Waals surface area (Å²) in [7, 11) is 0. The fourth-order valence-electron chi connectivity index (χ4n) is 14.4. The number of hydrogen-bond donors (Lipinski definition) is 0. The van der Waals surface area contributed by atoms with Crippen LogP contribution in [-0.2, 0) is 0 Å². The van der Waals surface area contributed by atoms with E-state index >= 15 is 0 Å². The van der Waals surface area contributed by atoms with Crippen molar-refractivity contribution in [2.24, 2.45) is 0 Å². The van der Waals surface area contributed by atoms with E-state index in [9.17, 15) is 0 Å². The molecule has 129 heavy (non-hydrogen) atoms. The number of nitriles is 4. The average molecular weight is 1670 g/mol. The molecule has 0 spiro atoms. The molecule has 0 unspecified atom stereocenters. The highest BCUT2D eigenvalue weighted by Gasteiger charge is 2.16. The smallest absolute Gasteiger partial charge is 0.126 e. The van der Waals surface area contributed by atoms with E-state index in [1.165, 1.54) is 27.8 Å². The van der Waals surface area contributed by atoms with Crippen molar-refractivity contribution in [3.8, 4) is 181 Å². The van der Waals surface area contributed by atoms with Gasteiger partial charge in [-0.3, -0.25) is 4.98 Å². The Kier molecular flexibility index (Phi) is 27.8. The highest BCUT2D eigenvalue weighted by molar-refractivity contribution is 5.83. The number of hydrogen-bond acceptors (Lipinski definition) is 15. The Bertz CT molecular complexity index is 7200. The Morgan fingerprint density at radius 1 is 0.155 bits per heavy atom. The van der Waals surface area contributed by atoms with Crippen molar-refractivity contribution in [2.75, 3.05) is 0 Å². The lowest BCUT2D eigenvalue weighted by Crippen LogP contribution is -1.95. The van der Waals surface area contributed by atoms with Crippen LogP contribution in [0.2, 0.25) is 0 Å². The molecule has 6 heterocycles. The zero-order valence-corrected chi connectivity index (χ0v) is 72.2. The van der Waals surface area contributed by atoms with Crippen molar-refractivity contribution >= 4 is 0 Å².